The first kappa shape index (κ1) is 12.3. The van der Waals surface area contributed by atoms with Crippen LogP contribution in [0, 0.1) is 12.3 Å². The number of nitrogens with one attached hydrogen (secondary N) is 2. The van der Waals surface area contributed by atoms with Crippen molar-refractivity contribution in [1.29, 1.82) is 0 Å². The molecule has 6 nitrogen and oxygen atoms in total. The molecule has 0 aromatic rings. The van der Waals surface area contributed by atoms with Crippen LogP contribution in [0.5, 0.6) is 0 Å². The Kier molecular flexibility index (Phi) is 5.90. The fourth-order valence-electron chi connectivity index (χ4n) is 0.713. The van der Waals surface area contributed by atoms with Gasteiger partial charge in [0.05, 0.1) is 0 Å². The third-order valence-electron chi connectivity index (χ3n) is 1.36. The summed E-state index contributed by atoms with van der Waals surface area (Å²) in [6.07, 6.45) is 4.89. The van der Waals surface area contributed by atoms with Crippen molar-refractivity contribution < 1.29 is 14.7 Å². The molecule has 2 amide bonds. The van der Waals surface area contributed by atoms with E-state index in [9.17, 15) is 9.59 Å². The van der Waals surface area contributed by atoms with Crippen LogP contribution in [-0.2, 0) is 4.79 Å². The molecule has 0 aromatic carbocycles. The van der Waals surface area contributed by atoms with E-state index in [1.807, 2.05) is 0 Å². The predicted molar refractivity (Wildman–Crippen MR) is 50.5 cm³/mol. The molecule has 0 aromatic heterocycles. The van der Waals surface area contributed by atoms with Gasteiger partial charge in [-0.3, -0.25) is 0 Å². The Hall–Kier alpha value is -1.74. The Morgan fingerprint density at radius 2 is 2.21 bits per heavy atom. The predicted octanol–water partition coefficient (Wildman–Crippen LogP) is -1.28. The van der Waals surface area contributed by atoms with Crippen LogP contribution in [0.2, 0.25) is 0 Å². The first-order valence-electron chi connectivity index (χ1n) is 4.02. The number of hydrogen-bond donors (Lipinski definition) is 4. The van der Waals surface area contributed by atoms with E-state index in [1.54, 1.807) is 0 Å². The summed E-state index contributed by atoms with van der Waals surface area (Å²) < 4.78 is 0. The SMILES string of the molecule is C#CCC(NC(=O)NCCN)C(=O)O. The number of aliphatic carboxylic acids is 1. The van der Waals surface area contributed by atoms with Crippen molar-refractivity contribution in [2.75, 3.05) is 13.1 Å². The highest BCUT2D eigenvalue weighted by Crippen LogP contribution is 1.89. The molecule has 6 heteroatoms. The second kappa shape index (κ2) is 6.74. The third kappa shape index (κ3) is 5.00. The number of terminal acetylenes is 1. The number of carbonyl (C=O) groups excluding carboxylic acids is 1. The first-order chi connectivity index (χ1) is 6.61. The maximum absolute atomic E-state index is 11.0. The minimum absolute atomic E-state index is 0.0502. The monoisotopic (exact) mass is 199 g/mol. The van der Waals surface area contributed by atoms with E-state index in [1.165, 1.54) is 0 Å². The Morgan fingerprint density at radius 1 is 1.57 bits per heavy atom. The summed E-state index contributed by atoms with van der Waals surface area (Å²) in [5.74, 6) is 1.00. The Labute approximate surface area is 81.8 Å². The Balaban J connectivity index is 3.97. The molecular formula is C8H13N3O3. The number of rotatable bonds is 5. The van der Waals surface area contributed by atoms with E-state index in [4.69, 9.17) is 17.3 Å². The van der Waals surface area contributed by atoms with Crippen molar-refractivity contribution in [3.63, 3.8) is 0 Å². The molecular weight excluding hydrogens is 186 g/mol. The number of carboxylic acid groups (broad SMARTS) is 1. The maximum Gasteiger partial charge on any atom is 0.327 e. The van der Waals surface area contributed by atoms with Gasteiger partial charge in [0.2, 0.25) is 0 Å². The number of urea groups is 1. The van der Waals surface area contributed by atoms with Crippen molar-refractivity contribution >= 4 is 12.0 Å². The summed E-state index contributed by atoms with van der Waals surface area (Å²) in [6.45, 7) is 0.578. The van der Waals surface area contributed by atoms with Crippen molar-refractivity contribution in [2.24, 2.45) is 5.73 Å². The highest BCUT2D eigenvalue weighted by molar-refractivity contribution is 5.82. The van der Waals surface area contributed by atoms with Gasteiger partial charge >= 0.3 is 12.0 Å². The number of carboxylic acids is 1. The van der Waals surface area contributed by atoms with Crippen LogP contribution < -0.4 is 16.4 Å². The first-order valence-corrected chi connectivity index (χ1v) is 4.02. The molecule has 1 unspecified atom stereocenters. The van der Waals surface area contributed by atoms with Crippen LogP contribution >= 0.6 is 0 Å². The average molecular weight is 199 g/mol. The lowest BCUT2D eigenvalue weighted by Gasteiger charge is -2.12. The highest BCUT2D eigenvalue weighted by atomic mass is 16.4. The van der Waals surface area contributed by atoms with Gasteiger partial charge in [-0.1, -0.05) is 0 Å². The molecule has 0 rings (SSSR count). The zero-order chi connectivity index (χ0) is 11.0. The quantitative estimate of drug-likeness (QED) is 0.414. The molecule has 78 valence electrons. The van der Waals surface area contributed by atoms with Crippen molar-refractivity contribution in [2.45, 2.75) is 12.5 Å². The van der Waals surface area contributed by atoms with Crippen LogP contribution in [0.25, 0.3) is 0 Å². The molecule has 0 aliphatic rings. The molecule has 14 heavy (non-hydrogen) atoms. The fourth-order valence-corrected chi connectivity index (χ4v) is 0.713. The van der Waals surface area contributed by atoms with Gasteiger partial charge in [-0.15, -0.1) is 12.3 Å². The third-order valence-corrected chi connectivity index (χ3v) is 1.36. The molecule has 0 radical (unpaired) electrons. The fraction of sp³-hybridized carbons (Fsp3) is 0.500. The number of amides is 2. The lowest BCUT2D eigenvalue weighted by Crippen LogP contribution is -2.46. The van der Waals surface area contributed by atoms with E-state index in [0.29, 0.717) is 6.54 Å². The van der Waals surface area contributed by atoms with E-state index >= 15 is 0 Å². The smallest absolute Gasteiger partial charge is 0.327 e. The van der Waals surface area contributed by atoms with Crippen molar-refractivity contribution in [3.05, 3.63) is 0 Å². The van der Waals surface area contributed by atoms with E-state index in [2.05, 4.69) is 16.6 Å². The van der Waals surface area contributed by atoms with Crippen LogP contribution in [-0.4, -0.2) is 36.2 Å². The Morgan fingerprint density at radius 3 is 2.64 bits per heavy atom. The van der Waals surface area contributed by atoms with Gasteiger partial charge in [-0.05, 0) is 0 Å². The molecule has 5 N–H and O–H groups in total. The second-order valence-electron chi connectivity index (χ2n) is 2.49. The van der Waals surface area contributed by atoms with Gasteiger partial charge in [0.15, 0.2) is 0 Å². The topological polar surface area (TPSA) is 104 Å². The molecule has 0 spiro atoms. The minimum Gasteiger partial charge on any atom is -0.480 e. The number of hydrogen-bond acceptors (Lipinski definition) is 3. The lowest BCUT2D eigenvalue weighted by molar-refractivity contribution is -0.139. The summed E-state index contributed by atoms with van der Waals surface area (Å²) in [5, 5.41) is 13.2. The van der Waals surface area contributed by atoms with E-state index in [0.717, 1.165) is 0 Å². The van der Waals surface area contributed by atoms with Crippen molar-refractivity contribution in [1.82, 2.24) is 10.6 Å². The van der Waals surface area contributed by atoms with E-state index < -0.39 is 18.0 Å². The zero-order valence-electron chi connectivity index (χ0n) is 7.62. The molecule has 0 heterocycles. The molecule has 0 fully saturated rings. The minimum atomic E-state index is -1.16. The number of carbonyl (C=O) groups is 2. The van der Waals surface area contributed by atoms with Gasteiger partial charge in [-0.25, -0.2) is 9.59 Å². The van der Waals surface area contributed by atoms with Crippen LogP contribution in [0.15, 0.2) is 0 Å². The molecule has 0 saturated heterocycles. The summed E-state index contributed by atoms with van der Waals surface area (Å²) in [7, 11) is 0. The summed E-state index contributed by atoms with van der Waals surface area (Å²) in [5.41, 5.74) is 5.13. The summed E-state index contributed by atoms with van der Waals surface area (Å²) >= 11 is 0. The zero-order valence-corrected chi connectivity index (χ0v) is 7.62. The molecule has 0 bridgehead atoms. The van der Waals surface area contributed by atoms with Crippen molar-refractivity contribution in [3.8, 4) is 12.3 Å². The Bertz CT molecular complexity index is 247. The average Bonchev–Trinajstić information content (AvgIpc) is 2.14. The van der Waals surface area contributed by atoms with E-state index in [-0.39, 0.29) is 13.0 Å². The van der Waals surface area contributed by atoms with Gasteiger partial charge in [0, 0.05) is 19.5 Å². The van der Waals surface area contributed by atoms with Crippen LogP contribution in [0.4, 0.5) is 4.79 Å². The van der Waals surface area contributed by atoms with Gasteiger partial charge in [0.1, 0.15) is 6.04 Å². The van der Waals surface area contributed by atoms with Gasteiger partial charge in [-0.2, -0.15) is 0 Å². The second-order valence-corrected chi connectivity index (χ2v) is 2.49. The highest BCUT2D eigenvalue weighted by Gasteiger charge is 2.17. The molecule has 0 aliphatic carbocycles. The maximum atomic E-state index is 11.0. The summed E-state index contributed by atoms with van der Waals surface area (Å²) in [4.78, 5) is 21.5. The largest absolute Gasteiger partial charge is 0.480 e. The van der Waals surface area contributed by atoms with Gasteiger partial charge in [0.25, 0.3) is 0 Å². The molecule has 0 saturated carbocycles. The number of nitrogens with two attached hydrogens (primary N) is 1. The molecule has 1 atom stereocenters. The van der Waals surface area contributed by atoms with Gasteiger partial charge < -0.3 is 21.5 Å². The lowest BCUT2D eigenvalue weighted by atomic mass is 10.2. The molecule has 0 aliphatic heterocycles. The van der Waals surface area contributed by atoms with Crippen LogP contribution in [0.3, 0.4) is 0 Å². The van der Waals surface area contributed by atoms with Crippen LogP contribution in [0.1, 0.15) is 6.42 Å². The standard InChI is InChI=1S/C8H13N3O3/c1-2-3-6(7(12)13)11-8(14)10-5-4-9/h1,6H,3-5,9H2,(H,12,13)(H2,10,11,14). The summed E-state index contributed by atoms with van der Waals surface area (Å²) in [6, 6.07) is -1.64. The normalized spacial score (nSPS) is 11.1.